The van der Waals surface area contributed by atoms with Crippen LogP contribution in [0.5, 0.6) is 0 Å². The number of aromatic amines is 1. The van der Waals surface area contributed by atoms with Gasteiger partial charge in [-0.1, -0.05) is 31.4 Å². The highest BCUT2D eigenvalue weighted by atomic mass is 19.4. The lowest BCUT2D eigenvalue weighted by Gasteiger charge is -2.26. The van der Waals surface area contributed by atoms with Gasteiger partial charge in [-0.05, 0) is 56.5 Å². The van der Waals surface area contributed by atoms with Crippen molar-refractivity contribution in [3.8, 4) is 11.3 Å². The maximum Gasteiger partial charge on any atom is 0.416 e. The molecule has 1 saturated heterocycles. The molecule has 0 radical (unpaired) electrons. The van der Waals surface area contributed by atoms with E-state index in [9.17, 15) is 22.8 Å². The Morgan fingerprint density at radius 3 is 2.42 bits per heavy atom. The number of nitrogens with one attached hydrogen (secondary N) is 3. The quantitative estimate of drug-likeness (QED) is 0.359. The highest BCUT2D eigenvalue weighted by Gasteiger charge is 2.30. The number of nitrogens with zero attached hydrogens (tertiary/aromatic N) is 2. The van der Waals surface area contributed by atoms with Crippen LogP contribution in [0, 0.1) is 0 Å². The topological polar surface area (TPSA) is 90.1 Å². The van der Waals surface area contributed by atoms with E-state index in [0.717, 1.165) is 51.0 Å². The van der Waals surface area contributed by atoms with Gasteiger partial charge in [0, 0.05) is 26.4 Å². The van der Waals surface area contributed by atoms with E-state index in [0.29, 0.717) is 36.3 Å². The summed E-state index contributed by atoms with van der Waals surface area (Å²) in [5.74, 6) is 0.524. The van der Waals surface area contributed by atoms with Gasteiger partial charge in [-0.25, -0.2) is 4.98 Å². The minimum atomic E-state index is -4.39. The molecule has 0 saturated carbocycles. The molecule has 0 aliphatic carbocycles. The van der Waals surface area contributed by atoms with Gasteiger partial charge in [-0.3, -0.25) is 9.59 Å². The number of rotatable bonds is 12. The molecule has 198 valence electrons. The molecule has 0 bridgehead atoms. The van der Waals surface area contributed by atoms with Crippen molar-refractivity contribution >= 4 is 11.8 Å². The highest BCUT2D eigenvalue weighted by Crippen LogP contribution is 2.31. The fourth-order valence-corrected chi connectivity index (χ4v) is 4.42. The lowest BCUT2D eigenvalue weighted by Crippen LogP contribution is -2.35. The van der Waals surface area contributed by atoms with Gasteiger partial charge in [0.05, 0.1) is 23.5 Å². The summed E-state index contributed by atoms with van der Waals surface area (Å²) < 4.78 is 38.7. The number of piperidine rings is 1. The normalized spacial score (nSPS) is 15.4. The van der Waals surface area contributed by atoms with E-state index >= 15 is 0 Å². The van der Waals surface area contributed by atoms with E-state index in [1.54, 1.807) is 13.2 Å². The Labute approximate surface area is 210 Å². The summed E-state index contributed by atoms with van der Waals surface area (Å²) in [7, 11) is 1.61. The molecule has 10 heteroatoms. The largest absolute Gasteiger partial charge is 0.416 e. The lowest BCUT2D eigenvalue weighted by atomic mass is 10.1. The van der Waals surface area contributed by atoms with Crippen LogP contribution in [-0.4, -0.2) is 53.4 Å². The van der Waals surface area contributed by atoms with E-state index < -0.39 is 11.7 Å². The molecule has 1 aromatic carbocycles. The maximum atomic E-state index is 12.9. The first-order chi connectivity index (χ1) is 17.3. The van der Waals surface area contributed by atoms with E-state index in [4.69, 9.17) is 0 Å². The molecule has 2 heterocycles. The summed E-state index contributed by atoms with van der Waals surface area (Å²) in [5.41, 5.74) is 0.468. The van der Waals surface area contributed by atoms with Gasteiger partial charge in [-0.2, -0.15) is 13.2 Å². The van der Waals surface area contributed by atoms with Crippen molar-refractivity contribution < 1.29 is 22.8 Å². The molecule has 3 N–H and O–H groups in total. The summed E-state index contributed by atoms with van der Waals surface area (Å²) in [6.07, 6.45) is 4.65. The van der Waals surface area contributed by atoms with Gasteiger partial charge in [0.25, 0.3) is 0 Å². The number of hydrogen-bond donors (Lipinski definition) is 3. The van der Waals surface area contributed by atoms with Crippen LogP contribution in [0.15, 0.2) is 30.5 Å². The first-order valence-corrected chi connectivity index (χ1v) is 12.7. The minimum absolute atomic E-state index is 0.00443. The zero-order valence-electron chi connectivity index (χ0n) is 20.8. The summed E-state index contributed by atoms with van der Waals surface area (Å²) in [6.45, 7) is 2.77. The second-order valence-electron chi connectivity index (χ2n) is 9.30. The molecule has 1 aliphatic heterocycles. The van der Waals surface area contributed by atoms with Crippen molar-refractivity contribution in [3.63, 3.8) is 0 Å². The molecule has 1 aliphatic rings. The third-order valence-electron chi connectivity index (χ3n) is 6.56. The van der Waals surface area contributed by atoms with Crippen LogP contribution in [0.4, 0.5) is 13.2 Å². The fourth-order valence-electron chi connectivity index (χ4n) is 4.42. The first-order valence-electron chi connectivity index (χ1n) is 12.7. The first kappa shape index (κ1) is 27.7. The molecule has 3 rings (SSSR count). The third-order valence-corrected chi connectivity index (χ3v) is 6.56. The number of halogens is 3. The van der Waals surface area contributed by atoms with Crippen LogP contribution < -0.4 is 10.6 Å². The number of carbonyl (C=O) groups is 2. The molecule has 2 aromatic rings. The van der Waals surface area contributed by atoms with E-state index in [1.807, 2.05) is 0 Å². The van der Waals surface area contributed by atoms with Crippen LogP contribution in [0.3, 0.4) is 0 Å². The third kappa shape index (κ3) is 8.65. The number of benzene rings is 1. The van der Waals surface area contributed by atoms with Crippen molar-refractivity contribution in [3.05, 3.63) is 41.9 Å². The van der Waals surface area contributed by atoms with Gasteiger partial charge < -0.3 is 20.5 Å². The predicted octanol–water partition coefficient (Wildman–Crippen LogP) is 4.83. The number of likely N-dealkylation sites (tertiary alicyclic amines) is 1. The van der Waals surface area contributed by atoms with Gasteiger partial charge in [-0.15, -0.1) is 0 Å². The molecular weight excluding hydrogens is 471 g/mol. The lowest BCUT2D eigenvalue weighted by molar-refractivity contribution is -0.137. The molecule has 1 unspecified atom stereocenters. The average molecular weight is 508 g/mol. The van der Waals surface area contributed by atoms with Gasteiger partial charge >= 0.3 is 6.18 Å². The number of alkyl halides is 3. The molecular formula is C26H36F3N5O2. The van der Waals surface area contributed by atoms with Crippen LogP contribution >= 0.6 is 0 Å². The van der Waals surface area contributed by atoms with E-state index in [1.165, 1.54) is 31.4 Å². The molecule has 7 nitrogen and oxygen atoms in total. The maximum absolute atomic E-state index is 12.9. The Kier molecular flexibility index (Phi) is 10.3. The molecule has 1 fully saturated rings. The van der Waals surface area contributed by atoms with Crippen LogP contribution in [0.1, 0.15) is 75.2 Å². The zero-order valence-corrected chi connectivity index (χ0v) is 20.8. The highest BCUT2D eigenvalue weighted by molar-refractivity contribution is 5.76. The van der Waals surface area contributed by atoms with Crippen LogP contribution in [0.25, 0.3) is 11.3 Å². The number of aromatic nitrogens is 2. The van der Waals surface area contributed by atoms with Crippen molar-refractivity contribution in [1.29, 1.82) is 0 Å². The zero-order chi connectivity index (χ0) is 26.0. The number of H-pyrrole nitrogens is 1. The molecule has 0 spiro atoms. The SMILES string of the molecule is CNC(=O)CCCCCC(NC(=O)CCN1CCCCC1)c1ncc(-c2ccc(C(F)(F)F)cc2)[nH]1. The van der Waals surface area contributed by atoms with Crippen molar-refractivity contribution in [1.82, 2.24) is 25.5 Å². The van der Waals surface area contributed by atoms with Crippen molar-refractivity contribution in [2.75, 3.05) is 26.7 Å². The Balaban J connectivity index is 1.63. The summed E-state index contributed by atoms with van der Waals surface area (Å²) >= 11 is 0. The monoisotopic (exact) mass is 507 g/mol. The minimum Gasteiger partial charge on any atom is -0.359 e. The van der Waals surface area contributed by atoms with Gasteiger partial charge in [0.15, 0.2) is 0 Å². The summed E-state index contributed by atoms with van der Waals surface area (Å²) in [4.78, 5) is 34.1. The smallest absolute Gasteiger partial charge is 0.359 e. The fraction of sp³-hybridized carbons (Fsp3) is 0.577. The number of unbranched alkanes of at least 4 members (excludes halogenated alkanes) is 2. The Hall–Kier alpha value is -2.88. The van der Waals surface area contributed by atoms with E-state index in [-0.39, 0.29) is 17.9 Å². The molecule has 1 atom stereocenters. The van der Waals surface area contributed by atoms with Crippen molar-refractivity contribution in [2.24, 2.45) is 0 Å². The van der Waals surface area contributed by atoms with Crippen molar-refractivity contribution in [2.45, 2.75) is 70.0 Å². The number of amides is 2. The Morgan fingerprint density at radius 1 is 1.03 bits per heavy atom. The summed E-state index contributed by atoms with van der Waals surface area (Å²) in [6, 6.07) is 4.56. The second-order valence-corrected chi connectivity index (χ2v) is 9.30. The van der Waals surface area contributed by atoms with Gasteiger partial charge in [0.1, 0.15) is 5.82 Å². The molecule has 1 aromatic heterocycles. The van der Waals surface area contributed by atoms with Crippen LogP contribution in [0.2, 0.25) is 0 Å². The Bertz CT molecular complexity index is 969. The number of carbonyl (C=O) groups excluding carboxylic acids is 2. The second kappa shape index (κ2) is 13.4. The Morgan fingerprint density at radius 2 is 1.75 bits per heavy atom. The predicted molar refractivity (Wildman–Crippen MR) is 132 cm³/mol. The van der Waals surface area contributed by atoms with Crippen LogP contribution in [-0.2, 0) is 15.8 Å². The molecule has 36 heavy (non-hydrogen) atoms. The summed E-state index contributed by atoms with van der Waals surface area (Å²) in [5, 5.41) is 5.70. The number of hydrogen-bond acceptors (Lipinski definition) is 4. The van der Waals surface area contributed by atoms with E-state index in [2.05, 4.69) is 25.5 Å². The number of imidazole rings is 1. The standard InChI is InChI=1S/C26H36F3N5O2/c1-30-23(35)9-5-2-4-8-21(32-24(36)14-17-34-15-6-3-7-16-34)25-31-18-22(33-25)19-10-12-20(13-11-19)26(27,28)29/h10-13,18,21H,2-9,14-17H2,1H3,(H,30,35)(H,31,33)(H,32,36). The van der Waals surface area contributed by atoms with Gasteiger partial charge in [0.2, 0.25) is 11.8 Å². The molecule has 2 amide bonds. The average Bonchev–Trinajstić information content (AvgIpc) is 3.37.